The summed E-state index contributed by atoms with van der Waals surface area (Å²) in [5, 5.41) is 13.2. The molecule has 3 N–H and O–H groups in total. The number of nitrogens with one attached hydrogen (secondary N) is 3. The minimum absolute atomic E-state index is 0.194. The smallest absolute Gasteiger partial charge is 0.191 e. The first-order valence-corrected chi connectivity index (χ1v) is 8.87. The molecule has 0 unspecified atom stereocenters. The molecular weight excluding hydrogens is 343 g/mol. The lowest BCUT2D eigenvalue weighted by Crippen LogP contribution is -2.36. The molecular formula is C20H23FN6. The van der Waals surface area contributed by atoms with E-state index in [1.807, 2.05) is 37.3 Å². The van der Waals surface area contributed by atoms with Gasteiger partial charge in [-0.2, -0.15) is 5.10 Å². The van der Waals surface area contributed by atoms with Gasteiger partial charge in [-0.05, 0) is 42.7 Å². The molecule has 0 amide bonds. The van der Waals surface area contributed by atoms with Crippen LogP contribution in [0.4, 0.5) is 4.39 Å². The number of benzene rings is 2. The molecule has 0 bridgehead atoms. The van der Waals surface area contributed by atoms with E-state index in [0.29, 0.717) is 24.6 Å². The second-order valence-electron chi connectivity index (χ2n) is 6.17. The van der Waals surface area contributed by atoms with Crippen LogP contribution < -0.4 is 10.6 Å². The molecule has 0 aliphatic heterocycles. The number of rotatable bonds is 6. The van der Waals surface area contributed by atoms with Crippen LogP contribution in [0.1, 0.15) is 23.6 Å². The molecule has 0 atom stereocenters. The van der Waals surface area contributed by atoms with Crippen LogP contribution in [0, 0.1) is 12.7 Å². The number of aromatic nitrogens is 3. The normalized spacial score (nSPS) is 11.4. The highest BCUT2D eigenvalue weighted by Gasteiger charge is 2.04. The molecule has 0 aliphatic rings. The van der Waals surface area contributed by atoms with Crippen LogP contribution in [-0.4, -0.2) is 27.7 Å². The van der Waals surface area contributed by atoms with Crippen molar-refractivity contribution in [2.45, 2.75) is 26.9 Å². The summed E-state index contributed by atoms with van der Waals surface area (Å²) < 4.78 is 13.7. The van der Waals surface area contributed by atoms with Gasteiger partial charge in [0.25, 0.3) is 0 Å². The third-order valence-corrected chi connectivity index (χ3v) is 4.08. The SMILES string of the molecule is CCNC(=NCc1cccc(-c2ncn[nH]2)c1)NCc1ccc(C)c(F)c1. The van der Waals surface area contributed by atoms with Gasteiger partial charge < -0.3 is 10.6 Å². The first kappa shape index (κ1) is 18.6. The largest absolute Gasteiger partial charge is 0.357 e. The number of aromatic amines is 1. The maximum absolute atomic E-state index is 13.7. The minimum Gasteiger partial charge on any atom is -0.357 e. The molecule has 3 aromatic rings. The van der Waals surface area contributed by atoms with Crippen LogP contribution in [0.2, 0.25) is 0 Å². The maximum Gasteiger partial charge on any atom is 0.191 e. The van der Waals surface area contributed by atoms with Crippen molar-refractivity contribution in [1.82, 2.24) is 25.8 Å². The average Bonchev–Trinajstić information content (AvgIpc) is 3.22. The summed E-state index contributed by atoms with van der Waals surface area (Å²) in [6, 6.07) is 13.2. The fraction of sp³-hybridized carbons (Fsp3) is 0.250. The molecule has 0 aliphatic carbocycles. The Morgan fingerprint density at radius 3 is 2.78 bits per heavy atom. The summed E-state index contributed by atoms with van der Waals surface area (Å²) >= 11 is 0. The highest BCUT2D eigenvalue weighted by atomic mass is 19.1. The maximum atomic E-state index is 13.7. The van der Waals surface area contributed by atoms with Gasteiger partial charge in [-0.15, -0.1) is 0 Å². The molecule has 0 fully saturated rings. The Morgan fingerprint density at radius 1 is 1.15 bits per heavy atom. The van der Waals surface area contributed by atoms with Crippen LogP contribution in [-0.2, 0) is 13.1 Å². The number of aryl methyl sites for hydroxylation is 1. The molecule has 6 nitrogen and oxygen atoms in total. The molecule has 7 heteroatoms. The van der Waals surface area contributed by atoms with Crippen LogP contribution >= 0.6 is 0 Å². The van der Waals surface area contributed by atoms with Crippen molar-refractivity contribution in [2.24, 2.45) is 4.99 Å². The summed E-state index contributed by atoms with van der Waals surface area (Å²) in [7, 11) is 0. The Hall–Kier alpha value is -3.22. The highest BCUT2D eigenvalue weighted by Crippen LogP contribution is 2.16. The first-order valence-electron chi connectivity index (χ1n) is 8.87. The second-order valence-corrected chi connectivity index (χ2v) is 6.17. The summed E-state index contributed by atoms with van der Waals surface area (Å²) in [6.07, 6.45) is 1.49. The number of nitrogens with zero attached hydrogens (tertiary/aromatic N) is 3. The number of aliphatic imine (C=N–C) groups is 1. The second kappa shape index (κ2) is 8.93. The Kier molecular flexibility index (Phi) is 6.14. The number of H-pyrrole nitrogens is 1. The molecule has 140 valence electrons. The van der Waals surface area contributed by atoms with Crippen LogP contribution in [0.25, 0.3) is 11.4 Å². The fourth-order valence-corrected chi connectivity index (χ4v) is 2.61. The number of hydrogen-bond acceptors (Lipinski definition) is 3. The highest BCUT2D eigenvalue weighted by molar-refractivity contribution is 5.79. The van der Waals surface area contributed by atoms with Crippen molar-refractivity contribution in [3.05, 3.63) is 71.3 Å². The van der Waals surface area contributed by atoms with E-state index in [0.717, 1.165) is 29.1 Å². The quantitative estimate of drug-likeness (QED) is 0.463. The molecule has 1 aromatic heterocycles. The average molecular weight is 366 g/mol. The molecule has 27 heavy (non-hydrogen) atoms. The molecule has 1 heterocycles. The van der Waals surface area contributed by atoms with Crippen molar-refractivity contribution >= 4 is 5.96 Å². The van der Waals surface area contributed by atoms with E-state index in [1.165, 1.54) is 6.33 Å². The van der Waals surface area contributed by atoms with Crippen molar-refractivity contribution in [2.75, 3.05) is 6.54 Å². The third-order valence-electron chi connectivity index (χ3n) is 4.08. The van der Waals surface area contributed by atoms with Crippen LogP contribution in [0.15, 0.2) is 53.8 Å². The lowest BCUT2D eigenvalue weighted by atomic mass is 10.1. The number of guanidine groups is 1. The van der Waals surface area contributed by atoms with E-state index in [4.69, 9.17) is 0 Å². The molecule has 0 spiro atoms. The van der Waals surface area contributed by atoms with Crippen molar-refractivity contribution < 1.29 is 4.39 Å². The van der Waals surface area contributed by atoms with Crippen molar-refractivity contribution in [3.63, 3.8) is 0 Å². The summed E-state index contributed by atoms with van der Waals surface area (Å²) in [5.74, 6) is 1.22. The third kappa shape index (κ3) is 5.13. The van der Waals surface area contributed by atoms with Gasteiger partial charge in [0.05, 0.1) is 6.54 Å². The lowest BCUT2D eigenvalue weighted by Gasteiger charge is -2.12. The monoisotopic (exact) mass is 366 g/mol. The Labute approximate surface area is 158 Å². The van der Waals surface area contributed by atoms with E-state index >= 15 is 0 Å². The van der Waals surface area contributed by atoms with Gasteiger partial charge in [-0.3, -0.25) is 5.10 Å². The van der Waals surface area contributed by atoms with Gasteiger partial charge >= 0.3 is 0 Å². The van der Waals surface area contributed by atoms with Crippen LogP contribution in [0.3, 0.4) is 0 Å². The van der Waals surface area contributed by atoms with E-state index in [9.17, 15) is 4.39 Å². The Bertz CT molecular complexity index is 905. The molecule has 0 saturated carbocycles. The Morgan fingerprint density at radius 2 is 2.04 bits per heavy atom. The van der Waals surface area contributed by atoms with Crippen LogP contribution in [0.5, 0.6) is 0 Å². The molecule has 0 saturated heterocycles. The topological polar surface area (TPSA) is 78.0 Å². The first-order chi connectivity index (χ1) is 13.2. The Balaban J connectivity index is 1.66. The number of hydrogen-bond donors (Lipinski definition) is 3. The van der Waals surface area contributed by atoms with E-state index in [2.05, 4.69) is 30.8 Å². The summed E-state index contributed by atoms with van der Waals surface area (Å²) in [6.45, 7) is 5.52. The summed E-state index contributed by atoms with van der Waals surface area (Å²) in [5.41, 5.74) is 3.54. The predicted octanol–water partition coefficient (Wildman–Crippen LogP) is 3.17. The van der Waals surface area contributed by atoms with Gasteiger partial charge in [-0.1, -0.05) is 30.3 Å². The zero-order chi connectivity index (χ0) is 19.1. The van der Waals surface area contributed by atoms with E-state index < -0.39 is 0 Å². The van der Waals surface area contributed by atoms with Gasteiger partial charge in [0.1, 0.15) is 12.1 Å². The molecule has 0 radical (unpaired) electrons. The van der Waals surface area contributed by atoms with E-state index in [-0.39, 0.29) is 5.82 Å². The zero-order valence-corrected chi connectivity index (χ0v) is 15.5. The van der Waals surface area contributed by atoms with Gasteiger partial charge in [0.15, 0.2) is 11.8 Å². The van der Waals surface area contributed by atoms with Gasteiger partial charge in [0.2, 0.25) is 0 Å². The van der Waals surface area contributed by atoms with Crippen molar-refractivity contribution in [3.8, 4) is 11.4 Å². The number of halogens is 1. The fourth-order valence-electron chi connectivity index (χ4n) is 2.61. The predicted molar refractivity (Wildman–Crippen MR) is 105 cm³/mol. The molecule has 2 aromatic carbocycles. The molecule has 3 rings (SSSR count). The van der Waals surface area contributed by atoms with Crippen molar-refractivity contribution in [1.29, 1.82) is 0 Å². The van der Waals surface area contributed by atoms with Gasteiger partial charge in [0, 0.05) is 18.7 Å². The van der Waals surface area contributed by atoms with E-state index in [1.54, 1.807) is 19.1 Å². The summed E-state index contributed by atoms with van der Waals surface area (Å²) in [4.78, 5) is 8.79. The lowest BCUT2D eigenvalue weighted by molar-refractivity contribution is 0.615. The van der Waals surface area contributed by atoms with Gasteiger partial charge in [-0.25, -0.2) is 14.4 Å². The minimum atomic E-state index is -0.194. The zero-order valence-electron chi connectivity index (χ0n) is 15.5. The standard InChI is InChI=1S/C20H23FN6/c1-3-22-20(24-12-16-8-7-14(2)18(21)10-16)23-11-15-5-4-6-17(9-15)19-25-13-26-27-19/h4-10,13H,3,11-12H2,1-2H3,(H2,22,23,24)(H,25,26,27).